The first-order valence-corrected chi connectivity index (χ1v) is 6.19. The van der Waals surface area contributed by atoms with Gasteiger partial charge < -0.3 is 15.5 Å². The number of hydrogen-bond acceptors (Lipinski definition) is 3. The van der Waals surface area contributed by atoms with E-state index in [1.54, 1.807) is 26.2 Å². The van der Waals surface area contributed by atoms with Gasteiger partial charge in [-0.2, -0.15) is 0 Å². The monoisotopic (exact) mass is 275 g/mol. The zero-order valence-electron chi connectivity index (χ0n) is 9.62. The number of amides is 3. The molecular formula is C10H14ClN3O2S. The van der Waals surface area contributed by atoms with E-state index in [0.717, 1.165) is 0 Å². The fraction of sp³-hybridized carbons (Fsp3) is 0.400. The largest absolute Gasteiger partial charge is 0.350 e. The van der Waals surface area contributed by atoms with Gasteiger partial charge in [0.05, 0.1) is 9.21 Å². The van der Waals surface area contributed by atoms with Gasteiger partial charge in [0.2, 0.25) is 0 Å². The van der Waals surface area contributed by atoms with E-state index in [-0.39, 0.29) is 11.9 Å². The van der Waals surface area contributed by atoms with Crippen LogP contribution in [0.25, 0.3) is 0 Å². The predicted octanol–water partition coefficient (Wildman–Crippen LogP) is 1.40. The Hall–Kier alpha value is -1.27. The Morgan fingerprint density at radius 3 is 2.47 bits per heavy atom. The molecule has 0 radical (unpaired) electrons. The molecule has 3 amide bonds. The summed E-state index contributed by atoms with van der Waals surface area (Å²) in [4.78, 5) is 24.7. The molecule has 1 aromatic rings. The standard InChI is InChI=1S/C10H14ClN3O2S/c1-14(2)10(16)13-6-5-12-9(15)7-3-4-8(11)17-7/h3-4H,5-6H2,1-2H3,(H,12,15)(H,13,16). The van der Waals surface area contributed by atoms with Crippen LogP contribution >= 0.6 is 22.9 Å². The molecule has 0 saturated heterocycles. The van der Waals surface area contributed by atoms with E-state index in [2.05, 4.69) is 10.6 Å². The van der Waals surface area contributed by atoms with E-state index < -0.39 is 0 Å². The van der Waals surface area contributed by atoms with E-state index in [1.807, 2.05) is 0 Å². The van der Waals surface area contributed by atoms with Gasteiger partial charge in [-0.25, -0.2) is 4.79 Å². The molecule has 1 aromatic heterocycles. The van der Waals surface area contributed by atoms with Gasteiger partial charge >= 0.3 is 6.03 Å². The smallest absolute Gasteiger partial charge is 0.316 e. The highest BCUT2D eigenvalue weighted by Gasteiger charge is 2.08. The molecule has 17 heavy (non-hydrogen) atoms. The van der Waals surface area contributed by atoms with Gasteiger partial charge in [0.15, 0.2) is 0 Å². The Bertz CT molecular complexity index is 406. The molecule has 0 fully saturated rings. The summed E-state index contributed by atoms with van der Waals surface area (Å²) < 4.78 is 0.580. The quantitative estimate of drug-likeness (QED) is 0.816. The molecule has 1 rings (SSSR count). The van der Waals surface area contributed by atoms with Crippen LogP contribution in [0.15, 0.2) is 12.1 Å². The Kier molecular flexibility index (Phi) is 5.24. The highest BCUT2D eigenvalue weighted by molar-refractivity contribution is 7.17. The molecule has 94 valence electrons. The molecule has 5 nitrogen and oxygen atoms in total. The minimum atomic E-state index is -0.182. The summed E-state index contributed by atoms with van der Waals surface area (Å²) in [6, 6.07) is 3.16. The summed E-state index contributed by atoms with van der Waals surface area (Å²) in [6.07, 6.45) is 0. The van der Waals surface area contributed by atoms with Crippen molar-refractivity contribution in [2.75, 3.05) is 27.2 Å². The SMILES string of the molecule is CN(C)C(=O)NCCNC(=O)c1ccc(Cl)s1. The lowest BCUT2D eigenvalue weighted by atomic mass is 10.4. The van der Waals surface area contributed by atoms with Crippen molar-refractivity contribution in [2.45, 2.75) is 0 Å². The molecule has 0 aromatic carbocycles. The van der Waals surface area contributed by atoms with Crippen LogP contribution in [-0.2, 0) is 0 Å². The number of thiophene rings is 1. The second-order valence-corrected chi connectivity index (χ2v) is 5.20. The maximum absolute atomic E-state index is 11.6. The Balaban J connectivity index is 2.23. The second-order valence-electron chi connectivity index (χ2n) is 3.49. The van der Waals surface area contributed by atoms with Crippen molar-refractivity contribution in [3.05, 3.63) is 21.3 Å². The van der Waals surface area contributed by atoms with Crippen molar-refractivity contribution in [3.63, 3.8) is 0 Å². The lowest BCUT2D eigenvalue weighted by Gasteiger charge is -2.11. The molecular weight excluding hydrogens is 262 g/mol. The molecule has 0 aliphatic rings. The Morgan fingerprint density at radius 2 is 1.94 bits per heavy atom. The molecule has 1 heterocycles. The molecule has 2 N–H and O–H groups in total. The van der Waals surface area contributed by atoms with Crippen LogP contribution in [0.4, 0.5) is 4.79 Å². The van der Waals surface area contributed by atoms with Gasteiger partial charge in [-0.05, 0) is 12.1 Å². The molecule has 7 heteroatoms. The maximum atomic E-state index is 11.6. The Labute approximate surface area is 109 Å². The van der Waals surface area contributed by atoms with Gasteiger partial charge in [-0.1, -0.05) is 11.6 Å². The van der Waals surface area contributed by atoms with E-state index >= 15 is 0 Å². The van der Waals surface area contributed by atoms with Crippen LogP contribution in [0, 0.1) is 0 Å². The van der Waals surface area contributed by atoms with Crippen molar-refractivity contribution >= 4 is 34.9 Å². The van der Waals surface area contributed by atoms with Crippen LogP contribution in [0.2, 0.25) is 4.34 Å². The van der Waals surface area contributed by atoms with Crippen LogP contribution in [-0.4, -0.2) is 44.0 Å². The number of nitrogens with zero attached hydrogens (tertiary/aromatic N) is 1. The molecule has 0 aliphatic carbocycles. The first-order chi connectivity index (χ1) is 8.00. The van der Waals surface area contributed by atoms with Crippen LogP contribution in [0.1, 0.15) is 9.67 Å². The van der Waals surface area contributed by atoms with Gasteiger partial charge in [0.25, 0.3) is 5.91 Å². The number of carbonyl (C=O) groups excluding carboxylic acids is 2. The molecule has 0 aliphatic heterocycles. The lowest BCUT2D eigenvalue weighted by Crippen LogP contribution is -2.39. The van der Waals surface area contributed by atoms with E-state index in [1.165, 1.54) is 16.2 Å². The number of nitrogens with one attached hydrogen (secondary N) is 2. The summed E-state index contributed by atoms with van der Waals surface area (Å²) in [5, 5.41) is 5.33. The zero-order chi connectivity index (χ0) is 12.8. The highest BCUT2D eigenvalue weighted by Crippen LogP contribution is 2.20. The van der Waals surface area contributed by atoms with E-state index in [4.69, 9.17) is 11.6 Å². The summed E-state index contributed by atoms with van der Waals surface area (Å²) in [5.41, 5.74) is 0. The number of hydrogen-bond donors (Lipinski definition) is 2. The summed E-state index contributed by atoms with van der Waals surface area (Å²) in [5.74, 6) is -0.180. The summed E-state index contributed by atoms with van der Waals surface area (Å²) >= 11 is 6.94. The predicted molar refractivity (Wildman–Crippen MR) is 68.7 cm³/mol. The number of urea groups is 1. The third-order valence-corrected chi connectivity index (χ3v) is 3.12. The fourth-order valence-corrected chi connectivity index (χ4v) is 1.99. The first-order valence-electron chi connectivity index (χ1n) is 4.99. The number of rotatable bonds is 4. The molecule has 0 spiro atoms. The third kappa shape index (κ3) is 4.62. The molecule has 0 saturated carbocycles. The number of carbonyl (C=O) groups is 2. The molecule has 0 unspecified atom stereocenters. The first kappa shape index (κ1) is 13.8. The summed E-state index contributed by atoms with van der Waals surface area (Å²) in [7, 11) is 3.31. The van der Waals surface area contributed by atoms with Crippen molar-refractivity contribution < 1.29 is 9.59 Å². The summed E-state index contributed by atoms with van der Waals surface area (Å²) in [6.45, 7) is 0.774. The maximum Gasteiger partial charge on any atom is 0.316 e. The Morgan fingerprint density at radius 1 is 1.29 bits per heavy atom. The van der Waals surface area contributed by atoms with E-state index in [9.17, 15) is 9.59 Å². The minimum absolute atomic E-state index is 0.180. The fourth-order valence-electron chi connectivity index (χ4n) is 1.03. The van der Waals surface area contributed by atoms with Crippen LogP contribution in [0.5, 0.6) is 0 Å². The highest BCUT2D eigenvalue weighted by atomic mass is 35.5. The average Bonchev–Trinajstić information content (AvgIpc) is 2.70. The molecule has 0 atom stereocenters. The van der Waals surface area contributed by atoms with Gasteiger partial charge in [0, 0.05) is 27.2 Å². The van der Waals surface area contributed by atoms with Crippen molar-refractivity contribution in [3.8, 4) is 0 Å². The third-order valence-electron chi connectivity index (χ3n) is 1.89. The molecule has 0 bridgehead atoms. The second kappa shape index (κ2) is 6.46. The topological polar surface area (TPSA) is 61.4 Å². The van der Waals surface area contributed by atoms with Crippen LogP contribution < -0.4 is 10.6 Å². The van der Waals surface area contributed by atoms with Crippen LogP contribution in [0.3, 0.4) is 0 Å². The zero-order valence-corrected chi connectivity index (χ0v) is 11.2. The van der Waals surface area contributed by atoms with Crippen molar-refractivity contribution in [1.82, 2.24) is 15.5 Å². The minimum Gasteiger partial charge on any atom is -0.350 e. The number of halogens is 1. The van der Waals surface area contributed by atoms with Gasteiger partial charge in [0.1, 0.15) is 0 Å². The lowest BCUT2D eigenvalue weighted by molar-refractivity contribution is 0.0957. The normalized spacial score (nSPS) is 9.82. The van der Waals surface area contributed by atoms with Crippen molar-refractivity contribution in [2.24, 2.45) is 0 Å². The van der Waals surface area contributed by atoms with Gasteiger partial charge in [-0.3, -0.25) is 4.79 Å². The van der Waals surface area contributed by atoms with Gasteiger partial charge in [-0.15, -0.1) is 11.3 Å². The average molecular weight is 276 g/mol. The van der Waals surface area contributed by atoms with Crippen molar-refractivity contribution in [1.29, 1.82) is 0 Å². The van der Waals surface area contributed by atoms with E-state index in [0.29, 0.717) is 22.3 Å².